The van der Waals surface area contributed by atoms with Crippen molar-refractivity contribution in [1.82, 2.24) is 15.1 Å². The molecule has 3 heterocycles. The Morgan fingerprint density at radius 3 is 2.71 bits per heavy atom. The Balaban J connectivity index is 1.37. The Labute approximate surface area is 141 Å². The molecule has 6 nitrogen and oxygen atoms in total. The molecule has 2 saturated heterocycles. The number of aliphatic hydroxyl groups excluding tert-OH is 1. The van der Waals surface area contributed by atoms with Crippen LogP contribution < -0.4 is 0 Å². The van der Waals surface area contributed by atoms with E-state index in [0.29, 0.717) is 18.3 Å². The molecule has 0 radical (unpaired) electrons. The first-order chi connectivity index (χ1) is 11.8. The van der Waals surface area contributed by atoms with Crippen LogP contribution in [0.3, 0.4) is 0 Å². The summed E-state index contributed by atoms with van der Waals surface area (Å²) >= 11 is 0. The Morgan fingerprint density at radius 1 is 1.17 bits per heavy atom. The lowest BCUT2D eigenvalue weighted by molar-refractivity contribution is -0.177. The SMILES string of the molecule is O[C@H]1CCCOC12CCN(Cc1nnc(-c3ccccc3)o1)CC2. The van der Waals surface area contributed by atoms with Gasteiger partial charge in [-0.3, -0.25) is 4.90 Å². The normalized spacial score (nSPS) is 24.3. The van der Waals surface area contributed by atoms with E-state index in [-0.39, 0.29) is 11.7 Å². The molecular weight excluding hydrogens is 306 g/mol. The lowest BCUT2D eigenvalue weighted by atomic mass is 9.82. The first kappa shape index (κ1) is 15.7. The minimum atomic E-state index is -0.335. The van der Waals surface area contributed by atoms with Crippen molar-refractivity contribution in [3.63, 3.8) is 0 Å². The third-order valence-corrected chi connectivity index (χ3v) is 5.17. The van der Waals surface area contributed by atoms with Crippen molar-refractivity contribution in [3.05, 3.63) is 36.2 Å². The smallest absolute Gasteiger partial charge is 0.247 e. The number of ether oxygens (including phenoxy) is 1. The molecule has 0 saturated carbocycles. The highest BCUT2D eigenvalue weighted by Gasteiger charge is 2.43. The fourth-order valence-corrected chi connectivity index (χ4v) is 3.68. The molecular formula is C18H23N3O3. The fraction of sp³-hybridized carbons (Fsp3) is 0.556. The third-order valence-electron chi connectivity index (χ3n) is 5.17. The van der Waals surface area contributed by atoms with Gasteiger partial charge in [-0.1, -0.05) is 18.2 Å². The summed E-state index contributed by atoms with van der Waals surface area (Å²) in [6.45, 7) is 3.16. The zero-order valence-corrected chi connectivity index (χ0v) is 13.7. The van der Waals surface area contributed by atoms with E-state index in [4.69, 9.17) is 9.15 Å². The van der Waals surface area contributed by atoms with Gasteiger partial charge in [0.25, 0.3) is 0 Å². The molecule has 6 heteroatoms. The van der Waals surface area contributed by atoms with Crippen molar-refractivity contribution in [2.75, 3.05) is 19.7 Å². The van der Waals surface area contributed by atoms with E-state index < -0.39 is 0 Å². The van der Waals surface area contributed by atoms with Crippen molar-refractivity contribution in [2.45, 2.75) is 43.9 Å². The van der Waals surface area contributed by atoms with E-state index in [0.717, 1.165) is 50.9 Å². The van der Waals surface area contributed by atoms with Gasteiger partial charge >= 0.3 is 0 Å². The second-order valence-electron chi connectivity index (χ2n) is 6.71. The van der Waals surface area contributed by atoms with Gasteiger partial charge < -0.3 is 14.3 Å². The molecule has 2 aliphatic rings. The molecule has 0 amide bonds. The van der Waals surface area contributed by atoms with E-state index in [1.807, 2.05) is 30.3 Å². The highest BCUT2D eigenvalue weighted by Crippen LogP contribution is 2.35. The molecule has 2 aliphatic heterocycles. The predicted molar refractivity (Wildman–Crippen MR) is 88.2 cm³/mol. The highest BCUT2D eigenvalue weighted by molar-refractivity contribution is 5.51. The molecule has 1 N–H and O–H groups in total. The summed E-state index contributed by atoms with van der Waals surface area (Å²) in [6, 6.07) is 9.80. The zero-order valence-electron chi connectivity index (χ0n) is 13.7. The number of benzene rings is 1. The van der Waals surface area contributed by atoms with Gasteiger partial charge in [-0.15, -0.1) is 10.2 Å². The van der Waals surface area contributed by atoms with Crippen LogP contribution in [0.1, 0.15) is 31.6 Å². The molecule has 0 unspecified atom stereocenters. The van der Waals surface area contributed by atoms with Crippen LogP contribution in [0.15, 0.2) is 34.7 Å². The summed E-state index contributed by atoms with van der Waals surface area (Å²) in [6.07, 6.45) is 3.18. The Kier molecular flexibility index (Phi) is 4.35. The molecule has 4 rings (SSSR count). The minimum absolute atomic E-state index is 0.332. The van der Waals surface area contributed by atoms with Crippen LogP contribution in [0.5, 0.6) is 0 Å². The van der Waals surface area contributed by atoms with Gasteiger partial charge in [-0.2, -0.15) is 0 Å². The average molecular weight is 329 g/mol. The van der Waals surface area contributed by atoms with Gasteiger partial charge in [0.05, 0.1) is 18.2 Å². The molecule has 0 bridgehead atoms. The number of nitrogens with zero attached hydrogens (tertiary/aromatic N) is 3. The summed E-state index contributed by atoms with van der Waals surface area (Å²) in [4.78, 5) is 2.29. The van der Waals surface area contributed by atoms with Gasteiger partial charge in [-0.25, -0.2) is 0 Å². The van der Waals surface area contributed by atoms with Crippen molar-refractivity contribution >= 4 is 0 Å². The van der Waals surface area contributed by atoms with E-state index >= 15 is 0 Å². The second-order valence-corrected chi connectivity index (χ2v) is 6.71. The van der Waals surface area contributed by atoms with E-state index in [1.165, 1.54) is 0 Å². The standard InChI is InChI=1S/C18H23N3O3/c22-15-7-4-12-23-18(15)8-10-21(11-9-18)13-16-19-20-17(24-16)14-5-2-1-3-6-14/h1-3,5-6,15,22H,4,7-13H2/t15-/m0/s1. The molecule has 0 aliphatic carbocycles. The number of hydrogen-bond donors (Lipinski definition) is 1. The first-order valence-corrected chi connectivity index (χ1v) is 8.67. The Bertz CT molecular complexity index is 665. The molecule has 128 valence electrons. The maximum Gasteiger partial charge on any atom is 0.247 e. The van der Waals surface area contributed by atoms with Gasteiger partial charge in [0, 0.05) is 25.3 Å². The number of hydrogen-bond acceptors (Lipinski definition) is 6. The predicted octanol–water partition coefficient (Wildman–Crippen LogP) is 2.24. The van der Waals surface area contributed by atoms with Crippen molar-refractivity contribution in [2.24, 2.45) is 0 Å². The topological polar surface area (TPSA) is 71.6 Å². The fourth-order valence-electron chi connectivity index (χ4n) is 3.68. The highest BCUT2D eigenvalue weighted by atomic mass is 16.5. The summed E-state index contributed by atoms with van der Waals surface area (Å²) in [5.74, 6) is 1.19. The van der Waals surface area contributed by atoms with Gasteiger partial charge in [0.15, 0.2) is 0 Å². The zero-order chi connectivity index (χ0) is 16.4. The minimum Gasteiger partial charge on any atom is -0.419 e. The van der Waals surface area contributed by atoms with Crippen LogP contribution >= 0.6 is 0 Å². The second kappa shape index (κ2) is 6.63. The summed E-state index contributed by atoms with van der Waals surface area (Å²) < 4.78 is 11.7. The van der Waals surface area contributed by atoms with Crippen LogP contribution in [0.4, 0.5) is 0 Å². The van der Waals surface area contributed by atoms with Crippen LogP contribution in [0, 0.1) is 0 Å². The van der Waals surface area contributed by atoms with E-state index in [9.17, 15) is 5.11 Å². The summed E-state index contributed by atoms with van der Waals surface area (Å²) in [5.41, 5.74) is 0.603. The molecule has 1 spiro atoms. The summed E-state index contributed by atoms with van der Waals surface area (Å²) in [7, 11) is 0. The van der Waals surface area contributed by atoms with Gasteiger partial charge in [0.1, 0.15) is 0 Å². The maximum absolute atomic E-state index is 10.3. The lowest BCUT2D eigenvalue weighted by Gasteiger charge is -2.46. The third kappa shape index (κ3) is 3.09. The molecule has 1 atom stereocenters. The number of rotatable bonds is 3. The van der Waals surface area contributed by atoms with Crippen LogP contribution in [0.25, 0.3) is 11.5 Å². The summed E-state index contributed by atoms with van der Waals surface area (Å²) in [5, 5.41) is 18.6. The van der Waals surface area contributed by atoms with Crippen LogP contribution in [-0.2, 0) is 11.3 Å². The van der Waals surface area contributed by atoms with Crippen molar-refractivity contribution < 1.29 is 14.3 Å². The Morgan fingerprint density at radius 2 is 1.96 bits per heavy atom. The molecule has 2 fully saturated rings. The van der Waals surface area contributed by atoms with Gasteiger partial charge in [-0.05, 0) is 37.8 Å². The maximum atomic E-state index is 10.3. The lowest BCUT2D eigenvalue weighted by Crippen LogP contribution is -2.55. The number of aromatic nitrogens is 2. The largest absolute Gasteiger partial charge is 0.419 e. The molecule has 1 aromatic carbocycles. The molecule has 1 aromatic heterocycles. The molecule has 2 aromatic rings. The monoisotopic (exact) mass is 329 g/mol. The van der Waals surface area contributed by atoms with Crippen molar-refractivity contribution in [3.8, 4) is 11.5 Å². The Hall–Kier alpha value is -1.76. The van der Waals surface area contributed by atoms with Crippen LogP contribution in [0.2, 0.25) is 0 Å². The van der Waals surface area contributed by atoms with E-state index in [2.05, 4.69) is 15.1 Å². The van der Waals surface area contributed by atoms with E-state index in [1.54, 1.807) is 0 Å². The van der Waals surface area contributed by atoms with Gasteiger partial charge in [0.2, 0.25) is 11.8 Å². The number of likely N-dealkylation sites (tertiary alicyclic amines) is 1. The first-order valence-electron chi connectivity index (χ1n) is 8.67. The van der Waals surface area contributed by atoms with Crippen molar-refractivity contribution in [1.29, 1.82) is 0 Å². The quantitative estimate of drug-likeness (QED) is 0.931. The van der Waals surface area contributed by atoms with Crippen LogP contribution in [-0.4, -0.2) is 51.6 Å². The number of aliphatic hydroxyl groups is 1. The molecule has 24 heavy (non-hydrogen) atoms. The average Bonchev–Trinajstić information content (AvgIpc) is 3.09. The number of piperidine rings is 1.